The second kappa shape index (κ2) is 3.68. The van der Waals surface area contributed by atoms with Crippen molar-refractivity contribution in [3.05, 3.63) is 0 Å². The predicted molar refractivity (Wildman–Crippen MR) is 80.4 cm³/mol. The highest BCUT2D eigenvalue weighted by molar-refractivity contribution is 5.80. The van der Waals surface area contributed by atoms with Crippen molar-refractivity contribution in [2.75, 3.05) is 6.61 Å². The van der Waals surface area contributed by atoms with Crippen molar-refractivity contribution >= 4 is 5.97 Å². The van der Waals surface area contributed by atoms with Crippen molar-refractivity contribution in [2.24, 2.45) is 52.3 Å². The number of rotatable bonds is 0. The van der Waals surface area contributed by atoms with Gasteiger partial charge in [0.05, 0.1) is 12.0 Å². The summed E-state index contributed by atoms with van der Waals surface area (Å²) in [6.07, 6.45) is 6.47. The Morgan fingerprint density at radius 2 is 1.90 bits per heavy atom. The monoisotopic (exact) mass is 288 g/mol. The van der Waals surface area contributed by atoms with Crippen LogP contribution in [0.15, 0.2) is 0 Å². The zero-order valence-electron chi connectivity index (χ0n) is 13.6. The van der Waals surface area contributed by atoms with Crippen molar-refractivity contribution in [1.29, 1.82) is 0 Å². The molecular formula is C19H28O2. The first-order valence-corrected chi connectivity index (χ1v) is 9.09. The molecule has 5 aliphatic rings. The van der Waals surface area contributed by atoms with Gasteiger partial charge in [0.15, 0.2) is 0 Å². The standard InChI is InChI=1S/C19H28O2/c1-18(2,3)13-7-10-6-12(13)16-14-8-11(15(10)16)9-19(14)4-5-21-17(19)20/h10-16H,4-9H2,1-3H3. The number of carbonyl (C=O) groups is 1. The molecule has 2 heteroatoms. The van der Waals surface area contributed by atoms with Gasteiger partial charge in [0, 0.05) is 0 Å². The quantitative estimate of drug-likeness (QED) is 0.499. The summed E-state index contributed by atoms with van der Waals surface area (Å²) >= 11 is 0. The third kappa shape index (κ3) is 1.39. The average Bonchev–Trinajstić information content (AvgIpc) is 3.16. The summed E-state index contributed by atoms with van der Waals surface area (Å²) in [6, 6.07) is 0. The smallest absolute Gasteiger partial charge is 0.312 e. The van der Waals surface area contributed by atoms with Crippen LogP contribution in [0.2, 0.25) is 0 Å². The Morgan fingerprint density at radius 3 is 2.57 bits per heavy atom. The lowest BCUT2D eigenvalue weighted by molar-refractivity contribution is -0.151. The molecule has 8 unspecified atom stereocenters. The van der Waals surface area contributed by atoms with E-state index in [2.05, 4.69) is 20.8 Å². The van der Waals surface area contributed by atoms with Crippen LogP contribution in [0.25, 0.3) is 0 Å². The van der Waals surface area contributed by atoms with Crippen molar-refractivity contribution in [3.8, 4) is 0 Å². The van der Waals surface area contributed by atoms with Gasteiger partial charge in [-0.3, -0.25) is 4.79 Å². The van der Waals surface area contributed by atoms with Gasteiger partial charge in [0.2, 0.25) is 0 Å². The summed E-state index contributed by atoms with van der Waals surface area (Å²) in [5, 5.41) is 0. The zero-order valence-corrected chi connectivity index (χ0v) is 13.6. The number of esters is 1. The second-order valence-electron chi connectivity index (χ2n) is 9.87. The summed E-state index contributed by atoms with van der Waals surface area (Å²) in [4.78, 5) is 12.4. The number of carbonyl (C=O) groups excluding carboxylic acids is 1. The minimum atomic E-state index is -0.0429. The van der Waals surface area contributed by atoms with Gasteiger partial charge < -0.3 is 4.74 Å². The lowest BCUT2D eigenvalue weighted by atomic mass is 9.56. The molecule has 116 valence electrons. The van der Waals surface area contributed by atoms with Crippen LogP contribution in [-0.4, -0.2) is 12.6 Å². The third-order valence-electron chi connectivity index (χ3n) is 8.33. The molecule has 1 spiro atoms. The maximum atomic E-state index is 12.4. The number of fused-ring (bicyclic) bond motifs is 10. The minimum absolute atomic E-state index is 0.0429. The number of cyclic esters (lactones) is 1. The topological polar surface area (TPSA) is 26.3 Å². The van der Waals surface area contributed by atoms with E-state index in [0.717, 1.165) is 41.9 Å². The molecule has 0 aromatic rings. The maximum Gasteiger partial charge on any atom is 0.312 e. The first kappa shape index (κ1) is 13.0. The van der Waals surface area contributed by atoms with Gasteiger partial charge in [-0.1, -0.05) is 20.8 Å². The SMILES string of the molecule is CC(C)(C)C1CC2CC1C1C2C2CC1C1(CCOC1=O)C2. The molecule has 0 aromatic heterocycles. The lowest BCUT2D eigenvalue weighted by Gasteiger charge is -2.47. The molecule has 0 radical (unpaired) electrons. The van der Waals surface area contributed by atoms with Crippen molar-refractivity contribution < 1.29 is 9.53 Å². The normalized spacial score (nSPS) is 57.3. The van der Waals surface area contributed by atoms with Gasteiger partial charge in [-0.05, 0) is 78.9 Å². The first-order valence-electron chi connectivity index (χ1n) is 9.09. The fourth-order valence-corrected chi connectivity index (χ4v) is 7.88. The van der Waals surface area contributed by atoms with E-state index < -0.39 is 0 Å². The molecule has 5 fully saturated rings. The molecule has 5 rings (SSSR count). The first-order chi connectivity index (χ1) is 9.92. The number of hydrogen-bond acceptors (Lipinski definition) is 2. The average molecular weight is 288 g/mol. The van der Waals surface area contributed by atoms with E-state index in [9.17, 15) is 4.79 Å². The van der Waals surface area contributed by atoms with Gasteiger partial charge in [-0.2, -0.15) is 0 Å². The van der Waals surface area contributed by atoms with E-state index in [4.69, 9.17) is 4.74 Å². The molecule has 2 nitrogen and oxygen atoms in total. The van der Waals surface area contributed by atoms with E-state index in [-0.39, 0.29) is 11.4 Å². The molecule has 0 amide bonds. The molecule has 0 aromatic carbocycles. The molecule has 1 aliphatic heterocycles. The van der Waals surface area contributed by atoms with Crippen LogP contribution in [0, 0.1) is 52.3 Å². The molecule has 4 bridgehead atoms. The van der Waals surface area contributed by atoms with Crippen LogP contribution in [0.1, 0.15) is 52.9 Å². The fraction of sp³-hybridized carbons (Fsp3) is 0.947. The minimum Gasteiger partial charge on any atom is -0.465 e. The van der Waals surface area contributed by atoms with Crippen LogP contribution >= 0.6 is 0 Å². The van der Waals surface area contributed by atoms with E-state index in [1.54, 1.807) is 0 Å². The Kier molecular flexibility index (Phi) is 2.27. The van der Waals surface area contributed by atoms with Gasteiger partial charge in [0.25, 0.3) is 0 Å². The molecule has 21 heavy (non-hydrogen) atoms. The number of ether oxygens (including phenoxy) is 1. The highest BCUT2D eigenvalue weighted by Crippen LogP contribution is 2.75. The lowest BCUT2D eigenvalue weighted by Crippen LogP contribution is -2.45. The summed E-state index contributed by atoms with van der Waals surface area (Å²) in [5.41, 5.74) is 0.397. The Bertz CT molecular complexity index is 504. The third-order valence-corrected chi connectivity index (χ3v) is 8.33. The molecular weight excluding hydrogens is 260 g/mol. The van der Waals surface area contributed by atoms with E-state index in [1.807, 2.05) is 0 Å². The molecule has 4 aliphatic carbocycles. The van der Waals surface area contributed by atoms with Crippen LogP contribution in [-0.2, 0) is 9.53 Å². The predicted octanol–water partition coefficient (Wildman–Crippen LogP) is 3.89. The van der Waals surface area contributed by atoms with Gasteiger partial charge in [-0.25, -0.2) is 0 Å². The summed E-state index contributed by atoms with van der Waals surface area (Å²) in [6.45, 7) is 7.98. The summed E-state index contributed by atoms with van der Waals surface area (Å²) < 4.78 is 5.43. The molecule has 4 saturated carbocycles. The largest absolute Gasteiger partial charge is 0.465 e. The van der Waals surface area contributed by atoms with Crippen molar-refractivity contribution in [3.63, 3.8) is 0 Å². The van der Waals surface area contributed by atoms with Crippen LogP contribution in [0.5, 0.6) is 0 Å². The molecule has 8 atom stereocenters. The Labute approximate surface area is 128 Å². The van der Waals surface area contributed by atoms with Crippen LogP contribution < -0.4 is 0 Å². The van der Waals surface area contributed by atoms with Gasteiger partial charge in [-0.15, -0.1) is 0 Å². The number of hydrogen-bond donors (Lipinski definition) is 0. The van der Waals surface area contributed by atoms with E-state index in [1.165, 1.54) is 25.7 Å². The zero-order chi connectivity index (χ0) is 14.6. The van der Waals surface area contributed by atoms with E-state index in [0.29, 0.717) is 17.9 Å². The van der Waals surface area contributed by atoms with Crippen molar-refractivity contribution in [1.82, 2.24) is 0 Å². The van der Waals surface area contributed by atoms with Crippen LogP contribution in [0.3, 0.4) is 0 Å². The molecule has 1 heterocycles. The highest BCUT2D eigenvalue weighted by Gasteiger charge is 2.72. The van der Waals surface area contributed by atoms with E-state index >= 15 is 0 Å². The summed E-state index contributed by atoms with van der Waals surface area (Å²) in [7, 11) is 0. The summed E-state index contributed by atoms with van der Waals surface area (Å²) in [5.74, 6) is 6.29. The van der Waals surface area contributed by atoms with Crippen LogP contribution in [0.4, 0.5) is 0 Å². The maximum absolute atomic E-state index is 12.4. The van der Waals surface area contributed by atoms with Crippen molar-refractivity contribution in [2.45, 2.75) is 52.9 Å². The van der Waals surface area contributed by atoms with Gasteiger partial charge >= 0.3 is 5.97 Å². The highest BCUT2D eigenvalue weighted by atomic mass is 16.5. The van der Waals surface area contributed by atoms with Gasteiger partial charge in [0.1, 0.15) is 0 Å². The Balaban J connectivity index is 1.51. The fourth-order valence-electron chi connectivity index (χ4n) is 7.88. The molecule has 1 saturated heterocycles. The molecule has 0 N–H and O–H groups in total. The Morgan fingerprint density at radius 1 is 1.10 bits per heavy atom. The second-order valence-corrected chi connectivity index (χ2v) is 9.87. The Hall–Kier alpha value is -0.530.